The smallest absolute Gasteiger partial charge is 1.00 e. The van der Waals surface area contributed by atoms with E-state index in [1.54, 1.807) is 0 Å². The minimum atomic E-state index is -1.50. The minimum Gasteiger partial charge on any atom is -2.00 e. The molecule has 0 saturated carbocycles. The Morgan fingerprint density at radius 3 is 0.714 bits per heavy atom. The third kappa shape index (κ3) is 292. The summed E-state index contributed by atoms with van der Waals surface area (Å²) in [7, 11) is 0. The third-order valence-corrected chi connectivity index (χ3v) is 0. The van der Waals surface area contributed by atoms with Crippen molar-refractivity contribution in [2.45, 2.75) is 0 Å². The molecule has 48 valence electrons. The van der Waals surface area contributed by atoms with Crippen molar-refractivity contribution < 1.29 is 159 Å². The summed E-state index contributed by atoms with van der Waals surface area (Å²) in [6.45, 7) is 0. The van der Waals surface area contributed by atoms with Crippen LogP contribution in [0.2, 0.25) is 0 Å². The van der Waals surface area contributed by atoms with Gasteiger partial charge in [-0.3, -0.25) is 0 Å². The zero-order valence-corrected chi connectivity index (χ0v) is 9.94. The second-order valence-corrected chi connectivity index (χ2v) is 0.238. The molecule has 0 aliphatic heterocycles. The Labute approximate surface area is 166 Å². The maximum atomic E-state index is 8.36. The summed E-state index contributed by atoms with van der Waals surface area (Å²) in [6, 6.07) is 0. The van der Waals surface area contributed by atoms with Gasteiger partial charge in [0.25, 0.3) is 5.09 Å². The summed E-state index contributed by atoms with van der Waals surface area (Å²) in [5.41, 5.74) is 0. The van der Waals surface area contributed by atoms with E-state index in [4.69, 9.17) is 15.3 Å². The maximum absolute atomic E-state index is 8.36. The van der Waals surface area contributed by atoms with Crippen LogP contribution in [0.3, 0.4) is 0 Å². The van der Waals surface area contributed by atoms with Crippen LogP contribution in [0.5, 0.6) is 0 Å². The molecular formula is HLi7NO6+. The molecule has 0 aromatic heterocycles. The predicted octanol–water partition coefficient (Wildman–Crippen LogP) is -21.7. The molecule has 0 saturated heterocycles. The zero-order valence-electron chi connectivity index (χ0n) is 9.94. The second kappa shape index (κ2) is 96.6. The van der Waals surface area contributed by atoms with Crippen LogP contribution in [0.1, 0.15) is 0 Å². The first-order valence-corrected chi connectivity index (χ1v) is 0.565. The van der Waals surface area contributed by atoms with E-state index in [-0.39, 0.29) is 148 Å². The van der Waals surface area contributed by atoms with Crippen LogP contribution >= 0.6 is 0 Å². The fraction of sp³-hybridized carbons (Fsp3) is 0. The van der Waals surface area contributed by atoms with Gasteiger partial charge in [0.1, 0.15) is 0 Å². The van der Waals surface area contributed by atoms with E-state index in [0.29, 0.717) is 0 Å². The van der Waals surface area contributed by atoms with Gasteiger partial charge in [-0.25, -0.2) is 0 Å². The third-order valence-electron chi connectivity index (χ3n) is 0. The first-order valence-electron chi connectivity index (χ1n) is 0.565. The van der Waals surface area contributed by atoms with Crippen LogP contribution in [-0.4, -0.2) is 10.3 Å². The average molecular weight is 160 g/mol. The summed E-state index contributed by atoms with van der Waals surface area (Å²) in [4.78, 5) is 8.36. The molecule has 0 atom stereocenters. The van der Waals surface area contributed by atoms with Gasteiger partial charge in [-0.1, -0.05) is 0 Å². The molecule has 0 radical (unpaired) electrons. The summed E-state index contributed by atoms with van der Waals surface area (Å²) in [6.07, 6.45) is 0. The minimum absolute atomic E-state index is 0. The molecule has 0 unspecified atom stereocenters. The fourth-order valence-corrected chi connectivity index (χ4v) is 0. The van der Waals surface area contributed by atoms with E-state index in [9.17, 15) is 0 Å². The molecule has 0 heterocycles. The van der Waals surface area contributed by atoms with E-state index in [2.05, 4.69) is 0 Å². The van der Waals surface area contributed by atoms with E-state index in [1.807, 2.05) is 0 Å². The summed E-state index contributed by atoms with van der Waals surface area (Å²) < 4.78 is 0. The Kier molecular flexibility index (Phi) is 803. The van der Waals surface area contributed by atoms with Crippen LogP contribution in [0.25, 0.3) is 0 Å². The van der Waals surface area contributed by atoms with Crippen LogP contribution in [0.4, 0.5) is 0 Å². The number of rotatable bonds is 0. The Bertz CT molecular complexity index is 41.2. The number of hydrogen-bond acceptors (Lipinski definition) is 2. The maximum Gasteiger partial charge on any atom is 1.00 e. The average Bonchev–Trinajstić information content (AvgIpc) is 0.811. The van der Waals surface area contributed by atoms with Crippen LogP contribution in [-0.2, 0) is 16.4 Å². The van der Waals surface area contributed by atoms with Gasteiger partial charge in [-0.05, 0) is 0 Å². The standard InChI is InChI=1S/7Li.HNO3.3O/c;;;;;;;2-1(3)4;;;/h;;;;;;;(H,2,3,4);;;/q7*+1;;3*-2. The van der Waals surface area contributed by atoms with Gasteiger partial charge in [0, 0.05) is 0 Å². The molecule has 14 heteroatoms. The molecule has 0 fully saturated rings. The van der Waals surface area contributed by atoms with E-state index in [1.165, 1.54) is 0 Å². The largest absolute Gasteiger partial charge is 2.00 e. The summed E-state index contributed by atoms with van der Waals surface area (Å²) in [5, 5.41) is 13.6. The van der Waals surface area contributed by atoms with E-state index in [0.717, 1.165) is 0 Å². The van der Waals surface area contributed by atoms with Crippen LogP contribution in [0, 0.1) is 10.1 Å². The molecule has 7 nitrogen and oxygen atoms in total. The Hall–Kier alpha value is 3.26. The van der Waals surface area contributed by atoms with Gasteiger partial charge in [0.2, 0.25) is 0 Å². The van der Waals surface area contributed by atoms with Gasteiger partial charge in [-0.2, -0.15) is 0 Å². The Morgan fingerprint density at radius 2 is 0.714 bits per heavy atom. The molecule has 0 aliphatic carbocycles. The summed E-state index contributed by atoms with van der Waals surface area (Å²) in [5.74, 6) is 0. The molecule has 1 N–H and O–H groups in total. The van der Waals surface area contributed by atoms with Gasteiger partial charge in [-0.15, -0.1) is 10.1 Å². The van der Waals surface area contributed by atoms with Gasteiger partial charge < -0.3 is 21.6 Å². The van der Waals surface area contributed by atoms with Crippen molar-refractivity contribution in [3.8, 4) is 0 Å². The molecule has 14 heavy (non-hydrogen) atoms. The predicted molar refractivity (Wildman–Crippen MR) is 10.8 cm³/mol. The molecule has 0 aromatic rings. The van der Waals surface area contributed by atoms with Crippen molar-refractivity contribution in [3.05, 3.63) is 10.1 Å². The van der Waals surface area contributed by atoms with Crippen molar-refractivity contribution in [2.24, 2.45) is 0 Å². The van der Waals surface area contributed by atoms with Gasteiger partial charge >= 0.3 is 132 Å². The Balaban J connectivity index is -0.000000001000. The first-order chi connectivity index (χ1) is 1.73. The van der Waals surface area contributed by atoms with Crippen molar-refractivity contribution >= 4 is 0 Å². The molecular weight excluding hydrogens is 159 g/mol. The summed E-state index contributed by atoms with van der Waals surface area (Å²) >= 11 is 0. The van der Waals surface area contributed by atoms with Crippen LogP contribution < -0.4 is 132 Å². The molecule has 0 aliphatic rings. The molecule has 0 aromatic carbocycles. The van der Waals surface area contributed by atoms with Crippen molar-refractivity contribution in [2.75, 3.05) is 0 Å². The number of hydrogen-bond donors (Lipinski definition) is 1. The van der Waals surface area contributed by atoms with E-state index < -0.39 is 5.09 Å². The van der Waals surface area contributed by atoms with Crippen molar-refractivity contribution in [1.29, 1.82) is 0 Å². The topological polar surface area (TPSA) is 149 Å². The van der Waals surface area contributed by atoms with Crippen molar-refractivity contribution in [1.82, 2.24) is 0 Å². The monoisotopic (exact) mass is 160 g/mol. The van der Waals surface area contributed by atoms with Crippen LogP contribution in [0.15, 0.2) is 0 Å². The molecule has 0 bridgehead atoms. The first kappa shape index (κ1) is 116. The van der Waals surface area contributed by atoms with Gasteiger partial charge in [0.05, 0.1) is 0 Å². The number of nitrogens with zero attached hydrogens (tertiary/aromatic N) is 1. The van der Waals surface area contributed by atoms with Crippen molar-refractivity contribution in [3.63, 3.8) is 0 Å². The molecule has 0 rings (SSSR count). The second-order valence-electron chi connectivity index (χ2n) is 0.238. The molecule has 0 spiro atoms. The quantitative estimate of drug-likeness (QED) is 0.212. The van der Waals surface area contributed by atoms with E-state index >= 15 is 0 Å². The molecule has 0 amide bonds. The Morgan fingerprint density at radius 1 is 0.714 bits per heavy atom. The zero-order chi connectivity index (χ0) is 3.58. The fourth-order valence-electron chi connectivity index (χ4n) is 0. The van der Waals surface area contributed by atoms with Gasteiger partial charge in [0.15, 0.2) is 0 Å². The SMILES string of the molecule is O=[N+]([O-])O.[Li+].[Li+].[Li+].[Li+].[Li+].[Li+].[Li+].[O-2].[O-2].[O-2]. The normalized spacial score (nSPS) is 1.71.